The number of amides is 1. The van der Waals surface area contributed by atoms with E-state index in [4.69, 9.17) is 5.73 Å². The minimum Gasteiger partial charge on any atom is -0.374 e. The van der Waals surface area contributed by atoms with E-state index < -0.39 is 0 Å². The van der Waals surface area contributed by atoms with E-state index in [9.17, 15) is 4.79 Å². The van der Waals surface area contributed by atoms with E-state index in [-0.39, 0.29) is 11.9 Å². The molecule has 0 saturated carbocycles. The molecule has 1 amide bonds. The minimum absolute atomic E-state index is 0.281. The molecule has 1 atom stereocenters. The van der Waals surface area contributed by atoms with Gasteiger partial charge in [-0.05, 0) is 31.0 Å². The summed E-state index contributed by atoms with van der Waals surface area (Å²) in [5, 5.41) is 3.09. The van der Waals surface area contributed by atoms with E-state index in [1.165, 1.54) is 0 Å². The highest BCUT2D eigenvalue weighted by molar-refractivity contribution is 5.82. The first-order chi connectivity index (χ1) is 6.63. The molecule has 0 aliphatic rings. The second kappa shape index (κ2) is 4.65. The van der Waals surface area contributed by atoms with Crippen LogP contribution in [0.1, 0.15) is 18.9 Å². The maximum atomic E-state index is 11.0. The average molecular weight is 192 g/mol. The van der Waals surface area contributed by atoms with Crippen molar-refractivity contribution < 1.29 is 4.79 Å². The van der Waals surface area contributed by atoms with Crippen LogP contribution >= 0.6 is 0 Å². The maximum Gasteiger partial charge on any atom is 0.239 e. The van der Waals surface area contributed by atoms with Crippen LogP contribution in [0.15, 0.2) is 24.3 Å². The van der Waals surface area contributed by atoms with Crippen LogP contribution in [-0.2, 0) is 4.79 Å². The Morgan fingerprint density at radius 1 is 1.57 bits per heavy atom. The van der Waals surface area contributed by atoms with Crippen molar-refractivity contribution >= 4 is 11.6 Å². The Bertz CT molecular complexity index is 323. The first-order valence-electron chi connectivity index (χ1n) is 4.76. The van der Waals surface area contributed by atoms with Gasteiger partial charge in [-0.2, -0.15) is 0 Å². The number of rotatable bonds is 4. The fourth-order valence-electron chi connectivity index (χ4n) is 1.31. The lowest BCUT2D eigenvalue weighted by molar-refractivity contribution is -0.118. The van der Waals surface area contributed by atoms with Crippen molar-refractivity contribution in [3.05, 3.63) is 29.8 Å². The smallest absolute Gasteiger partial charge is 0.239 e. The van der Waals surface area contributed by atoms with Crippen molar-refractivity contribution in [1.82, 2.24) is 0 Å². The molecule has 0 heterocycles. The lowest BCUT2D eigenvalue weighted by atomic mass is 10.1. The van der Waals surface area contributed by atoms with Crippen molar-refractivity contribution in [2.45, 2.75) is 26.3 Å². The van der Waals surface area contributed by atoms with Gasteiger partial charge in [0.25, 0.3) is 0 Å². The summed E-state index contributed by atoms with van der Waals surface area (Å²) in [6, 6.07) is 7.60. The Kier molecular flexibility index (Phi) is 3.51. The molecule has 0 spiro atoms. The van der Waals surface area contributed by atoms with Gasteiger partial charge in [-0.15, -0.1) is 0 Å². The van der Waals surface area contributed by atoms with E-state index in [1.807, 2.05) is 38.1 Å². The van der Waals surface area contributed by atoms with E-state index in [0.29, 0.717) is 6.42 Å². The molecular weight excluding hydrogens is 176 g/mol. The summed E-state index contributed by atoms with van der Waals surface area (Å²) in [5.74, 6) is -0.311. The zero-order valence-electron chi connectivity index (χ0n) is 8.58. The van der Waals surface area contributed by atoms with Crippen molar-refractivity contribution in [2.24, 2.45) is 5.73 Å². The number of anilines is 1. The number of aryl methyl sites for hydroxylation is 1. The van der Waals surface area contributed by atoms with Gasteiger partial charge in [0.2, 0.25) is 5.91 Å². The van der Waals surface area contributed by atoms with E-state index in [0.717, 1.165) is 11.3 Å². The molecule has 0 aliphatic heterocycles. The van der Waals surface area contributed by atoms with Crippen LogP contribution in [0.2, 0.25) is 0 Å². The summed E-state index contributed by atoms with van der Waals surface area (Å²) in [4.78, 5) is 11.0. The van der Waals surface area contributed by atoms with Crippen molar-refractivity contribution in [1.29, 1.82) is 0 Å². The summed E-state index contributed by atoms with van der Waals surface area (Å²) in [5.41, 5.74) is 7.33. The molecule has 76 valence electrons. The first kappa shape index (κ1) is 10.6. The lowest BCUT2D eigenvalue weighted by Gasteiger charge is -2.14. The Hall–Kier alpha value is -1.51. The summed E-state index contributed by atoms with van der Waals surface area (Å²) in [6.45, 7) is 3.94. The number of carbonyl (C=O) groups is 1. The molecule has 0 bridgehead atoms. The monoisotopic (exact) mass is 192 g/mol. The van der Waals surface area contributed by atoms with Gasteiger partial charge < -0.3 is 11.1 Å². The molecule has 3 N–H and O–H groups in total. The predicted molar refractivity (Wildman–Crippen MR) is 58.1 cm³/mol. The van der Waals surface area contributed by atoms with Crippen molar-refractivity contribution in [3.8, 4) is 0 Å². The van der Waals surface area contributed by atoms with E-state index in [1.54, 1.807) is 0 Å². The molecule has 0 radical (unpaired) electrons. The number of benzene rings is 1. The fraction of sp³-hybridized carbons (Fsp3) is 0.364. The molecule has 3 nitrogen and oxygen atoms in total. The molecule has 1 aromatic rings. The number of hydrogen-bond acceptors (Lipinski definition) is 2. The van der Waals surface area contributed by atoms with Gasteiger partial charge in [-0.1, -0.05) is 19.1 Å². The molecule has 0 fully saturated rings. The van der Waals surface area contributed by atoms with Crippen LogP contribution in [0.3, 0.4) is 0 Å². The van der Waals surface area contributed by atoms with Gasteiger partial charge in [0.15, 0.2) is 0 Å². The quantitative estimate of drug-likeness (QED) is 0.762. The second-order valence-corrected chi connectivity index (χ2v) is 3.38. The lowest BCUT2D eigenvalue weighted by Crippen LogP contribution is -2.34. The summed E-state index contributed by atoms with van der Waals surface area (Å²) in [7, 11) is 0. The Balaban J connectivity index is 2.72. The largest absolute Gasteiger partial charge is 0.374 e. The number of nitrogens with two attached hydrogens (primary N) is 1. The van der Waals surface area contributed by atoms with Crippen molar-refractivity contribution in [2.75, 3.05) is 5.32 Å². The highest BCUT2D eigenvalue weighted by atomic mass is 16.1. The normalized spacial score (nSPS) is 12.1. The second-order valence-electron chi connectivity index (χ2n) is 3.38. The summed E-state index contributed by atoms with van der Waals surface area (Å²) < 4.78 is 0. The topological polar surface area (TPSA) is 55.1 Å². The predicted octanol–water partition coefficient (Wildman–Crippen LogP) is 1.67. The third-order valence-corrected chi connectivity index (χ3v) is 2.11. The third kappa shape index (κ3) is 2.76. The van der Waals surface area contributed by atoms with Gasteiger partial charge in [-0.25, -0.2) is 0 Å². The van der Waals surface area contributed by atoms with Gasteiger partial charge in [-0.3, -0.25) is 4.79 Å². The van der Waals surface area contributed by atoms with Crippen LogP contribution in [0.25, 0.3) is 0 Å². The zero-order chi connectivity index (χ0) is 10.6. The number of primary amides is 1. The molecule has 0 aliphatic carbocycles. The number of nitrogens with one attached hydrogen (secondary N) is 1. The van der Waals surface area contributed by atoms with Gasteiger partial charge in [0, 0.05) is 5.69 Å². The summed E-state index contributed by atoms with van der Waals surface area (Å²) in [6.07, 6.45) is 0.698. The molecular formula is C11H16N2O. The Labute approximate surface area is 84.3 Å². The molecule has 0 saturated heterocycles. The van der Waals surface area contributed by atoms with Crippen LogP contribution in [0.5, 0.6) is 0 Å². The number of hydrogen-bond donors (Lipinski definition) is 2. The Morgan fingerprint density at radius 3 is 2.79 bits per heavy atom. The van der Waals surface area contributed by atoms with Crippen LogP contribution in [-0.4, -0.2) is 11.9 Å². The average Bonchev–Trinajstić information content (AvgIpc) is 2.14. The molecule has 3 heteroatoms. The van der Waals surface area contributed by atoms with E-state index in [2.05, 4.69) is 5.32 Å². The highest BCUT2D eigenvalue weighted by Gasteiger charge is 2.11. The number of carbonyl (C=O) groups excluding carboxylic acids is 1. The Morgan fingerprint density at radius 2 is 2.29 bits per heavy atom. The van der Waals surface area contributed by atoms with Crippen LogP contribution in [0, 0.1) is 6.92 Å². The van der Waals surface area contributed by atoms with Gasteiger partial charge in [0.1, 0.15) is 6.04 Å². The summed E-state index contributed by atoms with van der Waals surface area (Å²) >= 11 is 0. The molecule has 0 aromatic heterocycles. The first-order valence-corrected chi connectivity index (χ1v) is 4.76. The standard InChI is InChI=1S/C11H16N2O/c1-3-10(11(12)14)13-9-6-4-5-8(2)7-9/h4-7,10,13H,3H2,1-2H3,(H2,12,14). The highest BCUT2D eigenvalue weighted by Crippen LogP contribution is 2.11. The zero-order valence-corrected chi connectivity index (χ0v) is 8.58. The molecule has 14 heavy (non-hydrogen) atoms. The van der Waals surface area contributed by atoms with Crippen molar-refractivity contribution in [3.63, 3.8) is 0 Å². The van der Waals surface area contributed by atoms with E-state index >= 15 is 0 Å². The third-order valence-electron chi connectivity index (χ3n) is 2.11. The molecule has 1 unspecified atom stereocenters. The fourth-order valence-corrected chi connectivity index (χ4v) is 1.31. The van der Waals surface area contributed by atoms with Gasteiger partial charge >= 0.3 is 0 Å². The molecule has 1 rings (SSSR count). The SMILES string of the molecule is CCC(Nc1cccc(C)c1)C(N)=O. The minimum atomic E-state index is -0.311. The maximum absolute atomic E-state index is 11.0. The van der Waals surface area contributed by atoms with Crippen LogP contribution < -0.4 is 11.1 Å². The van der Waals surface area contributed by atoms with Crippen LogP contribution in [0.4, 0.5) is 5.69 Å². The molecule has 1 aromatic carbocycles. The van der Waals surface area contributed by atoms with Gasteiger partial charge in [0.05, 0.1) is 0 Å².